The summed E-state index contributed by atoms with van der Waals surface area (Å²) in [5, 5.41) is 10.7. The van der Waals surface area contributed by atoms with Crippen molar-refractivity contribution < 1.29 is 5.11 Å². The van der Waals surface area contributed by atoms with Crippen molar-refractivity contribution in [3.05, 3.63) is 71.3 Å². The van der Waals surface area contributed by atoms with Crippen LogP contribution in [-0.2, 0) is 6.42 Å². The fourth-order valence-corrected chi connectivity index (χ4v) is 3.08. The van der Waals surface area contributed by atoms with Gasteiger partial charge in [-0.1, -0.05) is 54.6 Å². The quantitative estimate of drug-likeness (QED) is 0.792. The van der Waals surface area contributed by atoms with Crippen LogP contribution in [0.3, 0.4) is 0 Å². The number of halogens is 1. The van der Waals surface area contributed by atoms with Crippen LogP contribution in [0, 0.1) is 0 Å². The minimum atomic E-state index is -0.518. The maximum absolute atomic E-state index is 10.7. The number of benzene rings is 2. The van der Waals surface area contributed by atoms with Crippen LogP contribution in [0.4, 0.5) is 0 Å². The number of aliphatic hydroxyl groups is 1. The minimum Gasteiger partial charge on any atom is -0.388 e. The molecule has 1 aliphatic rings. The molecular formula is C17H20ClNO. The second kappa shape index (κ2) is 6.40. The molecule has 3 atom stereocenters. The standard InChI is InChI=1S/C17H19NO.ClH/c18-15-11-10-12-6-4-5-9-14(12)17(19)16(15)13-7-2-1-3-8-13;/h1-9,15-17,19H,10-11,18H2;1H. The zero-order valence-electron chi connectivity index (χ0n) is 11.3. The molecule has 0 aliphatic heterocycles. The summed E-state index contributed by atoms with van der Waals surface area (Å²) in [5.74, 6) is -0.0233. The summed E-state index contributed by atoms with van der Waals surface area (Å²) in [6.07, 6.45) is 1.34. The molecule has 2 nitrogen and oxygen atoms in total. The minimum absolute atomic E-state index is 0. The molecule has 0 saturated heterocycles. The average Bonchev–Trinajstić information content (AvgIpc) is 2.58. The Morgan fingerprint density at radius 2 is 1.60 bits per heavy atom. The first-order valence-electron chi connectivity index (χ1n) is 6.84. The van der Waals surface area contributed by atoms with Gasteiger partial charge in [0.2, 0.25) is 0 Å². The van der Waals surface area contributed by atoms with E-state index in [0.717, 1.165) is 24.0 Å². The first kappa shape index (κ1) is 15.0. The fraction of sp³-hybridized carbons (Fsp3) is 0.294. The van der Waals surface area contributed by atoms with Crippen molar-refractivity contribution >= 4 is 12.4 Å². The molecule has 0 bridgehead atoms. The maximum atomic E-state index is 10.7. The summed E-state index contributed by atoms with van der Waals surface area (Å²) in [4.78, 5) is 0. The largest absolute Gasteiger partial charge is 0.388 e. The second-order valence-corrected chi connectivity index (χ2v) is 5.28. The number of nitrogens with two attached hydrogens (primary N) is 1. The Morgan fingerprint density at radius 1 is 0.950 bits per heavy atom. The van der Waals surface area contributed by atoms with Crippen molar-refractivity contribution in [3.63, 3.8) is 0 Å². The maximum Gasteiger partial charge on any atom is 0.0876 e. The van der Waals surface area contributed by atoms with Crippen LogP contribution in [0.1, 0.15) is 35.1 Å². The van der Waals surface area contributed by atoms with Gasteiger partial charge in [0.25, 0.3) is 0 Å². The molecule has 0 amide bonds. The van der Waals surface area contributed by atoms with Crippen molar-refractivity contribution in [1.82, 2.24) is 0 Å². The molecule has 0 radical (unpaired) electrons. The van der Waals surface area contributed by atoms with Crippen molar-refractivity contribution in [3.8, 4) is 0 Å². The smallest absolute Gasteiger partial charge is 0.0876 e. The molecule has 3 N–H and O–H groups in total. The van der Waals surface area contributed by atoms with Crippen molar-refractivity contribution in [1.29, 1.82) is 0 Å². The third-order valence-electron chi connectivity index (χ3n) is 4.11. The molecule has 0 heterocycles. The number of hydrogen-bond donors (Lipinski definition) is 2. The van der Waals surface area contributed by atoms with Gasteiger partial charge in [-0.05, 0) is 29.5 Å². The van der Waals surface area contributed by atoms with Crippen LogP contribution in [0.25, 0.3) is 0 Å². The molecule has 0 aromatic heterocycles. The molecule has 3 unspecified atom stereocenters. The zero-order chi connectivity index (χ0) is 13.2. The first-order chi connectivity index (χ1) is 9.27. The lowest BCUT2D eigenvalue weighted by molar-refractivity contribution is 0.134. The predicted octanol–water partition coefficient (Wildman–Crippen LogP) is 3.20. The SMILES string of the molecule is Cl.NC1CCc2ccccc2C(O)C1c1ccccc1. The Labute approximate surface area is 126 Å². The summed E-state index contributed by atoms with van der Waals surface area (Å²) >= 11 is 0. The second-order valence-electron chi connectivity index (χ2n) is 5.28. The third-order valence-corrected chi connectivity index (χ3v) is 4.11. The summed E-state index contributed by atoms with van der Waals surface area (Å²) in [5.41, 5.74) is 9.70. The van der Waals surface area contributed by atoms with Gasteiger partial charge in [0.1, 0.15) is 0 Å². The van der Waals surface area contributed by atoms with Crippen LogP contribution in [0.2, 0.25) is 0 Å². The van der Waals surface area contributed by atoms with Crippen LogP contribution in [0.15, 0.2) is 54.6 Å². The molecule has 20 heavy (non-hydrogen) atoms. The van der Waals surface area contributed by atoms with Gasteiger partial charge >= 0.3 is 0 Å². The van der Waals surface area contributed by atoms with E-state index < -0.39 is 6.10 Å². The third kappa shape index (κ3) is 2.73. The van der Waals surface area contributed by atoms with Gasteiger partial charge in [-0.3, -0.25) is 0 Å². The van der Waals surface area contributed by atoms with E-state index in [0.29, 0.717) is 0 Å². The van der Waals surface area contributed by atoms with Gasteiger partial charge in [0.05, 0.1) is 6.10 Å². The highest BCUT2D eigenvalue weighted by molar-refractivity contribution is 5.85. The molecule has 106 valence electrons. The van der Waals surface area contributed by atoms with Gasteiger partial charge in [-0.2, -0.15) is 0 Å². The average molecular weight is 290 g/mol. The van der Waals surface area contributed by atoms with E-state index in [2.05, 4.69) is 18.2 Å². The lowest BCUT2D eigenvalue weighted by Gasteiger charge is -2.27. The number of rotatable bonds is 1. The molecule has 2 aromatic rings. The van der Waals surface area contributed by atoms with Crippen LogP contribution in [0.5, 0.6) is 0 Å². The molecule has 1 aliphatic carbocycles. The number of aliphatic hydroxyl groups excluding tert-OH is 1. The van der Waals surface area contributed by atoms with Gasteiger partial charge < -0.3 is 10.8 Å². The number of hydrogen-bond acceptors (Lipinski definition) is 2. The highest BCUT2D eigenvalue weighted by Crippen LogP contribution is 2.38. The normalized spacial score (nSPS) is 25.2. The van der Waals surface area contributed by atoms with E-state index in [1.807, 2.05) is 36.4 Å². The van der Waals surface area contributed by atoms with E-state index in [-0.39, 0.29) is 24.4 Å². The van der Waals surface area contributed by atoms with Crippen LogP contribution >= 0.6 is 12.4 Å². The molecule has 3 heteroatoms. The van der Waals surface area contributed by atoms with E-state index in [4.69, 9.17) is 5.73 Å². The molecule has 0 saturated carbocycles. The molecule has 3 rings (SSSR count). The molecular weight excluding hydrogens is 270 g/mol. The van der Waals surface area contributed by atoms with Crippen LogP contribution < -0.4 is 5.73 Å². The predicted molar refractivity (Wildman–Crippen MR) is 84.1 cm³/mol. The molecule has 0 fully saturated rings. The van der Waals surface area contributed by atoms with Crippen molar-refractivity contribution in [2.75, 3.05) is 0 Å². The number of aryl methyl sites for hydroxylation is 1. The molecule has 2 aromatic carbocycles. The summed E-state index contributed by atoms with van der Waals surface area (Å²) < 4.78 is 0. The van der Waals surface area contributed by atoms with E-state index in [1.165, 1.54) is 5.56 Å². The highest BCUT2D eigenvalue weighted by Gasteiger charge is 2.32. The monoisotopic (exact) mass is 289 g/mol. The number of fused-ring (bicyclic) bond motifs is 1. The summed E-state index contributed by atoms with van der Waals surface area (Å²) in [6, 6.07) is 18.2. The van der Waals surface area contributed by atoms with Crippen LogP contribution in [-0.4, -0.2) is 11.1 Å². The Morgan fingerprint density at radius 3 is 2.35 bits per heavy atom. The van der Waals surface area contributed by atoms with Gasteiger partial charge in [0.15, 0.2) is 0 Å². The Bertz CT molecular complexity index is 558. The van der Waals surface area contributed by atoms with Gasteiger partial charge in [-0.25, -0.2) is 0 Å². The lowest BCUT2D eigenvalue weighted by atomic mass is 9.84. The summed E-state index contributed by atoms with van der Waals surface area (Å²) in [7, 11) is 0. The van der Waals surface area contributed by atoms with E-state index in [1.54, 1.807) is 0 Å². The highest BCUT2D eigenvalue weighted by atomic mass is 35.5. The van der Waals surface area contributed by atoms with E-state index in [9.17, 15) is 5.11 Å². The molecule has 0 spiro atoms. The first-order valence-corrected chi connectivity index (χ1v) is 6.84. The van der Waals surface area contributed by atoms with E-state index >= 15 is 0 Å². The Kier molecular flexibility index (Phi) is 4.81. The van der Waals surface area contributed by atoms with Gasteiger partial charge in [0, 0.05) is 12.0 Å². The van der Waals surface area contributed by atoms with Crippen molar-refractivity contribution in [2.24, 2.45) is 5.73 Å². The Hall–Kier alpha value is -1.35. The Balaban J connectivity index is 0.00000147. The fourth-order valence-electron chi connectivity index (χ4n) is 3.08. The summed E-state index contributed by atoms with van der Waals surface area (Å²) in [6.45, 7) is 0. The lowest BCUT2D eigenvalue weighted by Crippen LogP contribution is -2.31. The van der Waals surface area contributed by atoms with Gasteiger partial charge in [-0.15, -0.1) is 12.4 Å². The van der Waals surface area contributed by atoms with Crippen molar-refractivity contribution in [2.45, 2.75) is 30.9 Å². The zero-order valence-corrected chi connectivity index (χ0v) is 12.1. The topological polar surface area (TPSA) is 46.2 Å².